The molecule has 0 spiro atoms. The molecule has 2 aromatic rings. The molecule has 2 aromatic heterocycles. The van der Waals surface area contributed by atoms with Crippen LogP contribution in [0.1, 0.15) is 27.7 Å². The van der Waals surface area contributed by atoms with Crippen LogP contribution in [0.4, 0.5) is 0 Å². The lowest BCUT2D eigenvalue weighted by Gasteiger charge is -2.38. The number of aliphatic hydroxyl groups is 1. The first kappa shape index (κ1) is 14.0. The molecule has 0 aliphatic heterocycles. The van der Waals surface area contributed by atoms with Gasteiger partial charge in [0.2, 0.25) is 0 Å². The largest absolute Gasteiger partial charge is 0.497 e. The van der Waals surface area contributed by atoms with Crippen molar-refractivity contribution in [3.8, 4) is 0 Å². The van der Waals surface area contributed by atoms with Crippen LogP contribution >= 0.6 is 0 Å². The monoisotopic (exact) mass is 263 g/mol. The Balaban J connectivity index is 2.28. The zero-order valence-corrected chi connectivity index (χ0v) is 11.5. The molecule has 0 bridgehead atoms. The summed E-state index contributed by atoms with van der Waals surface area (Å²) >= 11 is 0. The van der Waals surface area contributed by atoms with E-state index in [1.165, 1.54) is 6.20 Å². The van der Waals surface area contributed by atoms with E-state index >= 15 is 0 Å². The number of rotatable bonds is 4. The highest BCUT2D eigenvalue weighted by molar-refractivity contribution is 6.62. The maximum Gasteiger partial charge on any atom is 0.497 e. The lowest BCUT2D eigenvalue weighted by molar-refractivity contribution is -0.0982. The number of hydrogen-bond donors (Lipinski definition) is 2. The summed E-state index contributed by atoms with van der Waals surface area (Å²) < 4.78 is 7.12. The molecule has 0 amide bonds. The molecule has 2 heterocycles. The van der Waals surface area contributed by atoms with Gasteiger partial charge in [0.25, 0.3) is 0 Å². The highest BCUT2D eigenvalue weighted by Gasteiger charge is 2.40. The molecule has 0 fully saturated rings. The first-order valence-electron chi connectivity index (χ1n) is 6.09. The Morgan fingerprint density at radius 2 is 2.00 bits per heavy atom. The van der Waals surface area contributed by atoms with Crippen LogP contribution in [-0.4, -0.2) is 43.0 Å². The molecule has 0 saturated heterocycles. The first-order chi connectivity index (χ1) is 8.72. The SMILES string of the molecule is CC(C)(O)C(C)(C)OB(O)c1cnn2cccnc12. The van der Waals surface area contributed by atoms with Crippen LogP contribution in [0.15, 0.2) is 24.7 Å². The van der Waals surface area contributed by atoms with Crippen LogP contribution in [0.25, 0.3) is 5.65 Å². The molecule has 0 saturated carbocycles. The molecular weight excluding hydrogens is 245 g/mol. The molecule has 102 valence electrons. The summed E-state index contributed by atoms with van der Waals surface area (Å²) in [5.41, 5.74) is -1.01. The molecule has 0 aliphatic carbocycles. The molecule has 0 radical (unpaired) electrons. The van der Waals surface area contributed by atoms with Crippen molar-refractivity contribution in [2.75, 3.05) is 0 Å². The smallest absolute Gasteiger partial charge is 0.423 e. The van der Waals surface area contributed by atoms with Gasteiger partial charge in [0, 0.05) is 17.9 Å². The van der Waals surface area contributed by atoms with Gasteiger partial charge in [-0.05, 0) is 33.8 Å². The van der Waals surface area contributed by atoms with Gasteiger partial charge in [-0.2, -0.15) is 5.10 Å². The molecule has 2 N–H and O–H groups in total. The normalized spacial score (nSPS) is 12.9. The van der Waals surface area contributed by atoms with Crippen LogP contribution in [0, 0.1) is 0 Å². The maximum atomic E-state index is 10.2. The van der Waals surface area contributed by atoms with Crippen LogP contribution in [0.5, 0.6) is 0 Å². The molecule has 0 atom stereocenters. The quantitative estimate of drug-likeness (QED) is 0.758. The molecular formula is C12H18BN3O3. The summed E-state index contributed by atoms with van der Waals surface area (Å²) in [5.74, 6) is 0. The fourth-order valence-electron chi connectivity index (χ4n) is 1.51. The highest BCUT2D eigenvalue weighted by Crippen LogP contribution is 2.25. The minimum atomic E-state index is -1.20. The van der Waals surface area contributed by atoms with Gasteiger partial charge in [0.05, 0.1) is 17.4 Å². The van der Waals surface area contributed by atoms with E-state index in [2.05, 4.69) is 10.1 Å². The second kappa shape index (κ2) is 4.59. The van der Waals surface area contributed by atoms with Gasteiger partial charge in [-0.25, -0.2) is 9.50 Å². The van der Waals surface area contributed by atoms with E-state index in [-0.39, 0.29) is 0 Å². The van der Waals surface area contributed by atoms with Crippen molar-refractivity contribution in [1.82, 2.24) is 14.6 Å². The van der Waals surface area contributed by atoms with Crippen molar-refractivity contribution in [3.63, 3.8) is 0 Å². The van der Waals surface area contributed by atoms with Crippen LogP contribution in [0.2, 0.25) is 0 Å². The van der Waals surface area contributed by atoms with E-state index in [1.54, 1.807) is 50.7 Å². The van der Waals surface area contributed by atoms with Gasteiger partial charge >= 0.3 is 7.12 Å². The topological polar surface area (TPSA) is 79.9 Å². The van der Waals surface area contributed by atoms with Crippen LogP contribution in [-0.2, 0) is 4.65 Å². The van der Waals surface area contributed by atoms with Crippen LogP contribution in [0.3, 0.4) is 0 Å². The Morgan fingerprint density at radius 1 is 1.32 bits per heavy atom. The van der Waals surface area contributed by atoms with Crippen LogP contribution < -0.4 is 5.46 Å². The molecule has 0 aromatic carbocycles. The third-order valence-corrected chi connectivity index (χ3v) is 3.45. The third-order valence-electron chi connectivity index (χ3n) is 3.45. The van der Waals surface area contributed by atoms with E-state index in [4.69, 9.17) is 4.65 Å². The lowest BCUT2D eigenvalue weighted by atomic mass is 9.78. The molecule has 6 nitrogen and oxygen atoms in total. The van der Waals surface area contributed by atoms with E-state index in [0.717, 1.165) is 0 Å². The number of nitrogens with zero attached hydrogens (tertiary/aromatic N) is 3. The van der Waals surface area contributed by atoms with Crippen molar-refractivity contribution >= 4 is 18.2 Å². The van der Waals surface area contributed by atoms with E-state index in [0.29, 0.717) is 11.1 Å². The van der Waals surface area contributed by atoms with Crippen molar-refractivity contribution in [1.29, 1.82) is 0 Å². The van der Waals surface area contributed by atoms with Crippen molar-refractivity contribution in [2.24, 2.45) is 0 Å². The Kier molecular flexibility index (Phi) is 3.38. The summed E-state index contributed by atoms with van der Waals surface area (Å²) in [5, 5.41) is 24.3. The van der Waals surface area contributed by atoms with Gasteiger partial charge in [0.1, 0.15) is 0 Å². The van der Waals surface area contributed by atoms with Gasteiger partial charge in [-0.3, -0.25) is 0 Å². The maximum absolute atomic E-state index is 10.2. The second-order valence-electron chi connectivity index (χ2n) is 5.53. The molecule has 2 rings (SSSR count). The zero-order valence-electron chi connectivity index (χ0n) is 11.5. The Hall–Kier alpha value is -1.44. The molecule has 19 heavy (non-hydrogen) atoms. The van der Waals surface area contributed by atoms with Gasteiger partial charge in [-0.15, -0.1) is 0 Å². The number of aromatic nitrogens is 3. The van der Waals surface area contributed by atoms with Gasteiger partial charge in [-0.1, -0.05) is 0 Å². The number of fused-ring (bicyclic) bond motifs is 1. The zero-order chi connectivity index (χ0) is 14.3. The average Bonchev–Trinajstić information content (AvgIpc) is 2.70. The Bertz CT molecular complexity index is 577. The third kappa shape index (κ3) is 2.63. The Labute approximate surface area is 112 Å². The summed E-state index contributed by atoms with van der Waals surface area (Å²) in [4.78, 5) is 4.15. The predicted octanol–water partition coefficient (Wildman–Crippen LogP) is -0.0171. The summed E-state index contributed by atoms with van der Waals surface area (Å²) in [6.45, 7) is 6.70. The average molecular weight is 263 g/mol. The molecule has 7 heteroatoms. The fraction of sp³-hybridized carbons (Fsp3) is 0.500. The van der Waals surface area contributed by atoms with E-state index in [9.17, 15) is 10.1 Å². The summed E-state index contributed by atoms with van der Waals surface area (Å²) in [6, 6.07) is 1.75. The number of hydrogen-bond acceptors (Lipinski definition) is 5. The first-order valence-corrected chi connectivity index (χ1v) is 6.09. The predicted molar refractivity (Wildman–Crippen MR) is 72.1 cm³/mol. The Morgan fingerprint density at radius 3 is 2.63 bits per heavy atom. The lowest BCUT2D eigenvalue weighted by Crippen LogP contribution is -2.53. The van der Waals surface area contributed by atoms with Crippen molar-refractivity contribution in [3.05, 3.63) is 24.7 Å². The minimum absolute atomic E-state index is 0.470. The van der Waals surface area contributed by atoms with Gasteiger partial charge in [0.15, 0.2) is 5.65 Å². The summed E-state index contributed by atoms with van der Waals surface area (Å²) in [7, 11) is -1.20. The standard InChI is InChI=1S/C12H18BN3O3/c1-11(2,17)12(3,4)19-13(18)9-8-15-16-7-5-6-14-10(9)16/h5-8,17-18H,1-4H3. The minimum Gasteiger partial charge on any atom is -0.423 e. The van der Waals surface area contributed by atoms with E-state index in [1.807, 2.05) is 0 Å². The van der Waals surface area contributed by atoms with Gasteiger partial charge < -0.3 is 14.8 Å². The van der Waals surface area contributed by atoms with Crippen molar-refractivity contribution in [2.45, 2.75) is 38.9 Å². The highest BCUT2D eigenvalue weighted by atomic mass is 16.5. The second-order valence-corrected chi connectivity index (χ2v) is 5.53. The molecule has 0 aliphatic rings. The van der Waals surface area contributed by atoms with E-state index < -0.39 is 18.3 Å². The van der Waals surface area contributed by atoms with Crippen molar-refractivity contribution < 1.29 is 14.8 Å². The summed E-state index contributed by atoms with van der Waals surface area (Å²) in [6.07, 6.45) is 4.86. The molecule has 0 unspecified atom stereocenters. The fourth-order valence-corrected chi connectivity index (χ4v) is 1.51.